The van der Waals surface area contributed by atoms with Crippen LogP contribution in [0.15, 0.2) is 42.5 Å². The van der Waals surface area contributed by atoms with Crippen molar-refractivity contribution in [3.8, 4) is 0 Å². The van der Waals surface area contributed by atoms with E-state index in [0.29, 0.717) is 11.4 Å². The third kappa shape index (κ3) is 6.49. The smallest absolute Gasteiger partial charge is 0.384 e. The van der Waals surface area contributed by atoms with Crippen LogP contribution in [0.1, 0.15) is 18.9 Å². The second-order valence-corrected chi connectivity index (χ2v) is 6.11. The summed E-state index contributed by atoms with van der Waals surface area (Å²) < 4.78 is 39.1. The van der Waals surface area contributed by atoms with Gasteiger partial charge in [0.15, 0.2) is 0 Å². The molecular formula is C18H17ClF3N3O2. The Labute approximate surface area is 158 Å². The number of carbonyl (C=O) groups excluding carboxylic acids is 2. The van der Waals surface area contributed by atoms with E-state index in [0.717, 1.165) is 12.1 Å². The maximum atomic E-state index is 13.0. The lowest BCUT2D eigenvalue weighted by Crippen LogP contribution is -2.19. The van der Waals surface area contributed by atoms with Crippen molar-refractivity contribution in [2.75, 3.05) is 22.5 Å². The predicted molar refractivity (Wildman–Crippen MR) is 98.9 cm³/mol. The molecule has 0 radical (unpaired) electrons. The Kier molecular flexibility index (Phi) is 6.68. The third-order valence-corrected chi connectivity index (χ3v) is 3.66. The first-order chi connectivity index (χ1) is 12.6. The third-order valence-electron chi connectivity index (χ3n) is 3.43. The zero-order chi connectivity index (χ0) is 20.0. The quantitative estimate of drug-likeness (QED) is 0.656. The van der Waals surface area contributed by atoms with Crippen molar-refractivity contribution in [2.45, 2.75) is 19.5 Å². The summed E-state index contributed by atoms with van der Waals surface area (Å²) in [6.07, 6.45) is -4.68. The summed E-state index contributed by atoms with van der Waals surface area (Å²) in [4.78, 5) is 23.0. The molecule has 0 saturated carbocycles. The maximum absolute atomic E-state index is 13.0. The van der Waals surface area contributed by atoms with Crippen LogP contribution in [-0.4, -0.2) is 18.4 Å². The van der Waals surface area contributed by atoms with E-state index < -0.39 is 17.6 Å². The fourth-order valence-corrected chi connectivity index (χ4v) is 2.48. The monoisotopic (exact) mass is 399 g/mol. The summed E-state index contributed by atoms with van der Waals surface area (Å²) in [7, 11) is 0. The number of benzene rings is 2. The van der Waals surface area contributed by atoms with E-state index in [4.69, 9.17) is 11.6 Å². The fourth-order valence-electron chi connectivity index (χ4n) is 2.30. The number of halogens is 4. The van der Waals surface area contributed by atoms with Crippen molar-refractivity contribution in [1.82, 2.24) is 0 Å². The van der Waals surface area contributed by atoms with Crippen molar-refractivity contribution in [3.63, 3.8) is 0 Å². The molecule has 0 aromatic heterocycles. The highest BCUT2D eigenvalue weighted by atomic mass is 35.5. The lowest BCUT2D eigenvalue weighted by Gasteiger charge is -2.14. The lowest BCUT2D eigenvalue weighted by atomic mass is 10.1. The van der Waals surface area contributed by atoms with E-state index in [1.54, 1.807) is 24.3 Å². The zero-order valence-corrected chi connectivity index (χ0v) is 15.0. The highest BCUT2D eigenvalue weighted by Gasteiger charge is 2.34. The average Bonchev–Trinajstić information content (AvgIpc) is 2.55. The molecule has 0 bridgehead atoms. The van der Waals surface area contributed by atoms with Gasteiger partial charge in [0.2, 0.25) is 11.8 Å². The van der Waals surface area contributed by atoms with Gasteiger partial charge in [-0.25, -0.2) is 0 Å². The molecule has 27 heavy (non-hydrogen) atoms. The van der Waals surface area contributed by atoms with E-state index >= 15 is 0 Å². The van der Waals surface area contributed by atoms with Crippen molar-refractivity contribution < 1.29 is 22.8 Å². The number of hydrogen-bond donors (Lipinski definition) is 3. The molecule has 0 saturated heterocycles. The Hall–Kier alpha value is -2.74. The lowest BCUT2D eigenvalue weighted by molar-refractivity contribution is -0.137. The largest absolute Gasteiger partial charge is 0.418 e. The number of carbonyl (C=O) groups is 2. The predicted octanol–water partition coefficient (Wildman–Crippen LogP) is 4.76. The van der Waals surface area contributed by atoms with Crippen molar-refractivity contribution in [3.05, 3.63) is 53.1 Å². The molecule has 2 aromatic carbocycles. The van der Waals surface area contributed by atoms with Crippen LogP contribution < -0.4 is 16.0 Å². The highest BCUT2D eigenvalue weighted by molar-refractivity contribution is 6.30. The van der Waals surface area contributed by atoms with Crippen LogP contribution in [0.2, 0.25) is 5.02 Å². The van der Waals surface area contributed by atoms with Crippen LogP contribution in [-0.2, 0) is 15.8 Å². The topological polar surface area (TPSA) is 70.2 Å². The first kappa shape index (κ1) is 20.6. The van der Waals surface area contributed by atoms with Crippen LogP contribution in [0.25, 0.3) is 0 Å². The molecule has 0 spiro atoms. The van der Waals surface area contributed by atoms with E-state index in [1.165, 1.54) is 13.0 Å². The molecule has 0 aliphatic rings. The summed E-state index contributed by atoms with van der Waals surface area (Å²) in [6, 6.07) is 10.0. The molecule has 0 aliphatic heterocycles. The number of alkyl halides is 3. The second kappa shape index (κ2) is 8.77. The summed E-state index contributed by atoms with van der Waals surface area (Å²) in [5.41, 5.74) is -0.0895. The molecule has 0 heterocycles. The normalized spacial score (nSPS) is 11.0. The Morgan fingerprint density at radius 1 is 1.04 bits per heavy atom. The molecule has 2 amide bonds. The number of anilines is 3. The summed E-state index contributed by atoms with van der Waals surface area (Å²) in [5.74, 6) is -0.789. The second-order valence-electron chi connectivity index (χ2n) is 5.67. The Morgan fingerprint density at radius 3 is 2.41 bits per heavy atom. The molecule has 144 valence electrons. The average molecular weight is 400 g/mol. The van der Waals surface area contributed by atoms with Gasteiger partial charge in [0, 0.05) is 36.3 Å². The van der Waals surface area contributed by atoms with Crippen LogP contribution in [0.5, 0.6) is 0 Å². The molecule has 0 unspecified atom stereocenters. The summed E-state index contributed by atoms with van der Waals surface area (Å²) in [6.45, 7) is 1.58. The summed E-state index contributed by atoms with van der Waals surface area (Å²) >= 11 is 5.61. The first-order valence-electron chi connectivity index (χ1n) is 7.93. The molecule has 0 aliphatic carbocycles. The molecular weight excluding hydrogens is 383 g/mol. The molecule has 3 N–H and O–H groups in total. The molecule has 5 nitrogen and oxygen atoms in total. The first-order valence-corrected chi connectivity index (χ1v) is 8.31. The molecule has 2 aromatic rings. The molecule has 0 atom stereocenters. The van der Waals surface area contributed by atoms with Crippen LogP contribution in [0.4, 0.5) is 30.2 Å². The highest BCUT2D eigenvalue weighted by Crippen LogP contribution is 2.36. The maximum Gasteiger partial charge on any atom is 0.418 e. The number of rotatable bonds is 6. The standard InChI is InChI=1S/C18H17ClF3N3O2/c1-11(26)24-14-4-2-3-13(10-14)23-8-7-17(27)25-16-6-5-12(19)9-15(16)18(20,21)22/h2-6,9-10,23H,7-8H2,1H3,(H,24,26)(H,25,27). The number of amides is 2. The van der Waals surface area contributed by atoms with Gasteiger partial charge >= 0.3 is 6.18 Å². The molecule has 9 heteroatoms. The van der Waals surface area contributed by atoms with Crippen molar-refractivity contribution in [1.29, 1.82) is 0 Å². The van der Waals surface area contributed by atoms with Gasteiger partial charge in [0.1, 0.15) is 0 Å². The van der Waals surface area contributed by atoms with E-state index in [9.17, 15) is 22.8 Å². The van der Waals surface area contributed by atoms with Gasteiger partial charge in [-0.2, -0.15) is 13.2 Å². The Bertz CT molecular complexity index is 841. The van der Waals surface area contributed by atoms with Gasteiger partial charge in [0.05, 0.1) is 11.3 Å². The van der Waals surface area contributed by atoms with Crippen LogP contribution in [0, 0.1) is 0 Å². The SMILES string of the molecule is CC(=O)Nc1cccc(NCCC(=O)Nc2ccc(Cl)cc2C(F)(F)F)c1. The van der Waals surface area contributed by atoms with Gasteiger partial charge in [-0.05, 0) is 36.4 Å². The minimum atomic E-state index is -4.63. The minimum Gasteiger partial charge on any atom is -0.384 e. The molecule has 2 rings (SSSR count). The van der Waals surface area contributed by atoms with Crippen LogP contribution >= 0.6 is 11.6 Å². The van der Waals surface area contributed by atoms with Gasteiger partial charge in [-0.15, -0.1) is 0 Å². The van der Waals surface area contributed by atoms with Gasteiger partial charge in [-0.1, -0.05) is 17.7 Å². The van der Waals surface area contributed by atoms with Gasteiger partial charge in [-0.3, -0.25) is 9.59 Å². The minimum absolute atomic E-state index is 0.0513. The van der Waals surface area contributed by atoms with Crippen molar-refractivity contribution >= 4 is 40.5 Å². The number of nitrogens with one attached hydrogen (secondary N) is 3. The van der Waals surface area contributed by atoms with E-state index in [-0.39, 0.29) is 29.6 Å². The Morgan fingerprint density at radius 2 is 1.74 bits per heavy atom. The van der Waals surface area contributed by atoms with Gasteiger partial charge < -0.3 is 16.0 Å². The van der Waals surface area contributed by atoms with E-state index in [2.05, 4.69) is 16.0 Å². The zero-order valence-electron chi connectivity index (χ0n) is 14.3. The molecule has 0 fully saturated rings. The van der Waals surface area contributed by atoms with Gasteiger partial charge in [0.25, 0.3) is 0 Å². The van der Waals surface area contributed by atoms with Crippen molar-refractivity contribution in [2.24, 2.45) is 0 Å². The summed E-state index contributed by atoms with van der Waals surface area (Å²) in [5, 5.41) is 7.78. The number of hydrogen-bond acceptors (Lipinski definition) is 3. The van der Waals surface area contributed by atoms with E-state index in [1.807, 2.05) is 0 Å². The Balaban J connectivity index is 1.93. The fraction of sp³-hybridized carbons (Fsp3) is 0.222. The van der Waals surface area contributed by atoms with Crippen LogP contribution in [0.3, 0.4) is 0 Å².